The van der Waals surface area contributed by atoms with E-state index in [0.717, 1.165) is 19.4 Å². The smallest absolute Gasteiger partial charge is 0.0698 e. The van der Waals surface area contributed by atoms with Crippen LogP contribution >= 0.6 is 0 Å². The van der Waals surface area contributed by atoms with E-state index in [1.165, 1.54) is 0 Å². The van der Waals surface area contributed by atoms with Gasteiger partial charge in [-0.05, 0) is 19.4 Å². The van der Waals surface area contributed by atoms with Crippen molar-refractivity contribution in [2.75, 3.05) is 46.6 Å². The summed E-state index contributed by atoms with van der Waals surface area (Å²) < 4.78 is 10.2. The summed E-state index contributed by atoms with van der Waals surface area (Å²) in [5.74, 6) is 0. The number of hydrogen-bond donors (Lipinski definition) is 3. The maximum Gasteiger partial charge on any atom is 0.0698 e. The van der Waals surface area contributed by atoms with Crippen molar-refractivity contribution in [3.8, 4) is 0 Å². The largest absolute Gasteiger partial charge is 0.394 e. The molecule has 0 spiro atoms. The lowest BCUT2D eigenvalue weighted by Gasteiger charge is -2.17. The molecule has 0 aliphatic carbocycles. The Balaban J connectivity index is 3.38. The predicted molar refractivity (Wildman–Crippen MR) is 59.9 cm³/mol. The molecule has 0 aromatic heterocycles. The Morgan fingerprint density at radius 2 is 2.20 bits per heavy atom. The van der Waals surface area contributed by atoms with Crippen molar-refractivity contribution < 1.29 is 14.6 Å². The number of nitrogens with one attached hydrogen (secondary N) is 1. The van der Waals surface area contributed by atoms with Gasteiger partial charge in [0.1, 0.15) is 0 Å². The molecule has 0 saturated heterocycles. The van der Waals surface area contributed by atoms with Gasteiger partial charge in [0.05, 0.1) is 26.4 Å². The Bertz CT molecular complexity index is 125. The third-order valence-electron chi connectivity index (χ3n) is 2.04. The fourth-order valence-corrected chi connectivity index (χ4v) is 1.31. The highest BCUT2D eigenvalue weighted by molar-refractivity contribution is 4.66. The van der Waals surface area contributed by atoms with Crippen LogP contribution in [0.4, 0.5) is 0 Å². The highest BCUT2D eigenvalue weighted by Crippen LogP contribution is 1.96. The first-order valence-electron chi connectivity index (χ1n) is 5.46. The summed E-state index contributed by atoms with van der Waals surface area (Å²) in [7, 11) is 1.69. The summed E-state index contributed by atoms with van der Waals surface area (Å²) in [5.41, 5.74) is 5.45. The lowest BCUT2D eigenvalue weighted by Crippen LogP contribution is -2.36. The fraction of sp³-hybridized carbons (Fsp3) is 1.00. The van der Waals surface area contributed by atoms with Gasteiger partial charge < -0.3 is 25.6 Å². The normalized spacial score (nSPS) is 13.0. The molecule has 4 N–H and O–H groups in total. The summed E-state index contributed by atoms with van der Waals surface area (Å²) in [4.78, 5) is 0. The van der Waals surface area contributed by atoms with E-state index in [1.54, 1.807) is 7.11 Å². The molecule has 5 heteroatoms. The lowest BCUT2D eigenvalue weighted by atomic mass is 10.1. The van der Waals surface area contributed by atoms with Crippen molar-refractivity contribution in [1.29, 1.82) is 0 Å². The van der Waals surface area contributed by atoms with Gasteiger partial charge in [-0.15, -0.1) is 0 Å². The number of hydrogen-bond acceptors (Lipinski definition) is 5. The SMILES string of the molecule is COCC(CCCN)NCCOCCO. The summed E-state index contributed by atoms with van der Waals surface area (Å²) in [6.07, 6.45) is 2.02. The predicted octanol–water partition coefficient (Wildman–Crippen LogP) is -0.661. The fourth-order valence-electron chi connectivity index (χ4n) is 1.31. The topological polar surface area (TPSA) is 76.7 Å². The summed E-state index contributed by atoms with van der Waals surface area (Å²) >= 11 is 0. The Morgan fingerprint density at radius 1 is 1.40 bits per heavy atom. The van der Waals surface area contributed by atoms with Gasteiger partial charge in [-0.25, -0.2) is 0 Å². The molecule has 92 valence electrons. The van der Waals surface area contributed by atoms with Crippen LogP contribution in [-0.4, -0.2) is 57.8 Å². The molecule has 0 rings (SSSR count). The lowest BCUT2D eigenvalue weighted by molar-refractivity contribution is 0.0886. The first-order chi connectivity index (χ1) is 7.35. The van der Waals surface area contributed by atoms with E-state index in [4.69, 9.17) is 20.3 Å². The molecule has 0 saturated carbocycles. The van der Waals surface area contributed by atoms with Gasteiger partial charge >= 0.3 is 0 Å². The average Bonchev–Trinajstić information content (AvgIpc) is 2.25. The van der Waals surface area contributed by atoms with Crippen molar-refractivity contribution in [3.63, 3.8) is 0 Å². The average molecular weight is 220 g/mol. The number of methoxy groups -OCH3 is 1. The van der Waals surface area contributed by atoms with Gasteiger partial charge in [0.2, 0.25) is 0 Å². The zero-order valence-electron chi connectivity index (χ0n) is 9.58. The third kappa shape index (κ3) is 10.1. The second-order valence-corrected chi connectivity index (χ2v) is 3.37. The van der Waals surface area contributed by atoms with E-state index in [-0.39, 0.29) is 6.61 Å². The van der Waals surface area contributed by atoms with E-state index in [2.05, 4.69) is 5.32 Å². The van der Waals surface area contributed by atoms with Crippen molar-refractivity contribution >= 4 is 0 Å². The molecule has 0 aliphatic rings. The standard InChI is InChI=1S/C10H24N2O3/c1-14-9-10(3-2-4-11)12-5-7-15-8-6-13/h10,12-13H,2-9,11H2,1H3. The summed E-state index contributed by atoms with van der Waals surface area (Å²) in [6.45, 7) is 3.28. The van der Waals surface area contributed by atoms with Gasteiger partial charge in [0.15, 0.2) is 0 Å². The molecule has 15 heavy (non-hydrogen) atoms. The Morgan fingerprint density at radius 3 is 2.80 bits per heavy atom. The minimum absolute atomic E-state index is 0.0780. The maximum absolute atomic E-state index is 8.50. The molecule has 0 aliphatic heterocycles. The number of aliphatic hydroxyl groups is 1. The Labute approximate surface area is 91.9 Å². The molecule has 0 amide bonds. The molecule has 0 aromatic rings. The zero-order chi connectivity index (χ0) is 11.4. The minimum Gasteiger partial charge on any atom is -0.394 e. The van der Waals surface area contributed by atoms with Crippen LogP contribution in [-0.2, 0) is 9.47 Å². The molecule has 0 bridgehead atoms. The molecule has 1 unspecified atom stereocenters. The van der Waals surface area contributed by atoms with Crippen molar-refractivity contribution in [1.82, 2.24) is 5.32 Å². The van der Waals surface area contributed by atoms with Gasteiger partial charge in [-0.3, -0.25) is 0 Å². The summed E-state index contributed by atoms with van der Waals surface area (Å²) in [6, 6.07) is 0.344. The molecule has 1 atom stereocenters. The maximum atomic E-state index is 8.50. The van der Waals surface area contributed by atoms with Crippen LogP contribution in [0.15, 0.2) is 0 Å². The van der Waals surface area contributed by atoms with Crippen LogP contribution in [0.25, 0.3) is 0 Å². The van der Waals surface area contributed by atoms with Gasteiger partial charge in [0.25, 0.3) is 0 Å². The van der Waals surface area contributed by atoms with Crippen molar-refractivity contribution in [2.24, 2.45) is 5.73 Å². The van der Waals surface area contributed by atoms with Crippen molar-refractivity contribution in [2.45, 2.75) is 18.9 Å². The quantitative estimate of drug-likeness (QED) is 0.403. The number of ether oxygens (including phenoxy) is 2. The monoisotopic (exact) mass is 220 g/mol. The van der Waals surface area contributed by atoms with Crippen LogP contribution in [0.1, 0.15) is 12.8 Å². The third-order valence-corrected chi connectivity index (χ3v) is 2.04. The number of rotatable bonds is 11. The van der Waals surface area contributed by atoms with Crippen LogP contribution in [0.5, 0.6) is 0 Å². The van der Waals surface area contributed by atoms with Gasteiger partial charge in [-0.2, -0.15) is 0 Å². The van der Waals surface area contributed by atoms with Crippen LogP contribution in [0, 0.1) is 0 Å². The first-order valence-corrected chi connectivity index (χ1v) is 5.46. The highest BCUT2D eigenvalue weighted by atomic mass is 16.5. The molecule has 0 fully saturated rings. The van der Waals surface area contributed by atoms with Crippen molar-refractivity contribution in [3.05, 3.63) is 0 Å². The van der Waals surface area contributed by atoms with E-state index < -0.39 is 0 Å². The minimum atomic E-state index is 0.0780. The van der Waals surface area contributed by atoms with E-state index in [9.17, 15) is 0 Å². The summed E-state index contributed by atoms with van der Waals surface area (Å²) in [5, 5.41) is 11.8. The van der Waals surface area contributed by atoms with Gasteiger partial charge in [-0.1, -0.05) is 0 Å². The second kappa shape index (κ2) is 11.9. The van der Waals surface area contributed by atoms with E-state index >= 15 is 0 Å². The molecule has 0 aromatic carbocycles. The molecular weight excluding hydrogens is 196 g/mol. The van der Waals surface area contributed by atoms with Gasteiger partial charge in [0, 0.05) is 19.7 Å². The second-order valence-electron chi connectivity index (χ2n) is 3.37. The molecule has 0 heterocycles. The number of nitrogens with two attached hydrogens (primary N) is 1. The van der Waals surface area contributed by atoms with E-state index in [0.29, 0.717) is 32.4 Å². The van der Waals surface area contributed by atoms with Crippen LogP contribution in [0.3, 0.4) is 0 Å². The molecule has 0 radical (unpaired) electrons. The zero-order valence-corrected chi connectivity index (χ0v) is 9.58. The Hall–Kier alpha value is -0.200. The van der Waals surface area contributed by atoms with Crippen LogP contribution < -0.4 is 11.1 Å². The molecule has 5 nitrogen and oxygen atoms in total. The van der Waals surface area contributed by atoms with E-state index in [1.807, 2.05) is 0 Å². The Kier molecular flexibility index (Phi) is 11.7. The molecular formula is C10H24N2O3. The van der Waals surface area contributed by atoms with Crippen LogP contribution in [0.2, 0.25) is 0 Å². The first kappa shape index (κ1) is 14.8. The number of aliphatic hydroxyl groups excluding tert-OH is 1. The highest BCUT2D eigenvalue weighted by Gasteiger charge is 2.06.